The van der Waals surface area contributed by atoms with Gasteiger partial charge >= 0.3 is 0 Å². The summed E-state index contributed by atoms with van der Waals surface area (Å²) in [5.41, 5.74) is 8.40. The molecule has 0 atom stereocenters. The second kappa shape index (κ2) is 2.80. The van der Waals surface area contributed by atoms with Gasteiger partial charge in [-0.2, -0.15) is 0 Å². The lowest BCUT2D eigenvalue weighted by Crippen LogP contribution is -1.96. The van der Waals surface area contributed by atoms with Crippen LogP contribution in [0.5, 0.6) is 0 Å². The first-order valence-electron chi connectivity index (χ1n) is 4.55. The fourth-order valence-electron chi connectivity index (χ4n) is 1.63. The molecule has 0 aromatic carbocycles. The molecule has 0 bridgehead atoms. The lowest BCUT2D eigenvalue weighted by atomic mass is 10.1. The second-order valence-corrected chi connectivity index (χ2v) is 3.64. The van der Waals surface area contributed by atoms with Crippen molar-refractivity contribution in [3.05, 3.63) is 36.0 Å². The molecule has 0 unspecified atom stereocenters. The van der Waals surface area contributed by atoms with Crippen LogP contribution < -0.4 is 5.73 Å². The van der Waals surface area contributed by atoms with E-state index in [0.717, 1.165) is 5.82 Å². The van der Waals surface area contributed by atoms with Gasteiger partial charge in [-0.05, 0) is 29.7 Å². The van der Waals surface area contributed by atoms with E-state index in [1.165, 1.54) is 11.1 Å². The fourth-order valence-corrected chi connectivity index (χ4v) is 1.63. The maximum absolute atomic E-state index is 6.00. The predicted molar refractivity (Wildman–Crippen MR) is 55.9 cm³/mol. The number of pyridine rings is 1. The van der Waals surface area contributed by atoms with E-state index >= 15 is 0 Å². The summed E-state index contributed by atoms with van der Waals surface area (Å²) in [6, 6.07) is 8.24. The summed E-state index contributed by atoms with van der Waals surface area (Å²) in [6.07, 6.45) is 2.00. The third-order valence-corrected chi connectivity index (χ3v) is 2.37. The van der Waals surface area contributed by atoms with E-state index in [4.69, 9.17) is 5.73 Å². The van der Waals surface area contributed by atoms with E-state index in [1.54, 1.807) is 0 Å². The molecule has 0 amide bonds. The number of anilines is 1. The number of nitrogens with zero attached hydrogens (tertiary/aromatic N) is 1. The molecule has 2 aromatic rings. The first-order valence-corrected chi connectivity index (χ1v) is 4.55. The molecule has 13 heavy (non-hydrogen) atoms. The molecule has 2 nitrogen and oxygen atoms in total. The molecule has 68 valence electrons. The molecule has 0 saturated carbocycles. The number of aromatic nitrogens is 1. The minimum absolute atomic E-state index is 0.486. The summed E-state index contributed by atoms with van der Waals surface area (Å²) in [5.74, 6) is 1.35. The summed E-state index contributed by atoms with van der Waals surface area (Å²) >= 11 is 0. The van der Waals surface area contributed by atoms with Gasteiger partial charge in [-0.3, -0.25) is 0 Å². The molecule has 0 aliphatic heterocycles. The minimum Gasteiger partial charge on any atom is -0.385 e. The third-order valence-electron chi connectivity index (χ3n) is 2.37. The maximum Gasteiger partial charge on any atom is 0.111 e. The highest BCUT2D eigenvalue weighted by Gasteiger charge is 2.08. The van der Waals surface area contributed by atoms with Gasteiger partial charge in [0, 0.05) is 11.7 Å². The average Bonchev–Trinajstić information content (AvgIpc) is 2.45. The summed E-state index contributed by atoms with van der Waals surface area (Å²) in [6.45, 7) is 4.32. The molecule has 0 saturated heterocycles. The smallest absolute Gasteiger partial charge is 0.111 e. The zero-order valence-corrected chi connectivity index (χ0v) is 7.99. The van der Waals surface area contributed by atoms with Crippen LogP contribution in [0.25, 0.3) is 5.52 Å². The molecular weight excluding hydrogens is 160 g/mol. The van der Waals surface area contributed by atoms with Crippen LogP contribution in [0.15, 0.2) is 30.5 Å². The molecule has 0 radical (unpaired) electrons. The lowest BCUT2D eigenvalue weighted by molar-refractivity contribution is 0.870. The van der Waals surface area contributed by atoms with Gasteiger partial charge in [0.05, 0.1) is 0 Å². The Balaban J connectivity index is 2.74. The van der Waals surface area contributed by atoms with Crippen LogP contribution in [0.1, 0.15) is 25.3 Å². The first-order chi connectivity index (χ1) is 6.20. The first kappa shape index (κ1) is 8.17. The molecule has 2 heteroatoms. The van der Waals surface area contributed by atoms with Crippen molar-refractivity contribution in [2.24, 2.45) is 0 Å². The zero-order chi connectivity index (χ0) is 9.42. The molecule has 2 heterocycles. The van der Waals surface area contributed by atoms with Crippen LogP contribution in [0.3, 0.4) is 0 Å². The van der Waals surface area contributed by atoms with Gasteiger partial charge < -0.3 is 10.1 Å². The molecule has 0 fully saturated rings. The van der Waals surface area contributed by atoms with Gasteiger partial charge in [-0.1, -0.05) is 19.9 Å². The van der Waals surface area contributed by atoms with Crippen molar-refractivity contribution in [1.29, 1.82) is 0 Å². The number of hydrogen-bond donors (Lipinski definition) is 1. The van der Waals surface area contributed by atoms with Crippen LogP contribution in [-0.2, 0) is 0 Å². The largest absolute Gasteiger partial charge is 0.385 e. The number of hydrogen-bond acceptors (Lipinski definition) is 1. The normalized spacial score (nSPS) is 11.3. The van der Waals surface area contributed by atoms with Gasteiger partial charge in [-0.25, -0.2) is 0 Å². The molecule has 0 spiro atoms. The second-order valence-electron chi connectivity index (χ2n) is 3.64. The Labute approximate surface area is 78.0 Å². The monoisotopic (exact) mass is 174 g/mol. The number of fused-ring (bicyclic) bond motifs is 1. The van der Waals surface area contributed by atoms with E-state index in [0.29, 0.717) is 5.92 Å². The Morgan fingerprint density at radius 3 is 2.69 bits per heavy atom. The SMILES string of the molecule is CC(C)c1cc2ccccn2c1N. The number of nitrogens with two attached hydrogens (primary N) is 1. The average molecular weight is 174 g/mol. The van der Waals surface area contributed by atoms with Crippen molar-refractivity contribution in [2.45, 2.75) is 19.8 Å². The highest BCUT2D eigenvalue weighted by molar-refractivity contribution is 5.62. The Morgan fingerprint density at radius 1 is 1.31 bits per heavy atom. The van der Waals surface area contributed by atoms with Crippen LogP contribution in [0, 0.1) is 0 Å². The minimum atomic E-state index is 0.486. The van der Waals surface area contributed by atoms with E-state index < -0.39 is 0 Å². The van der Waals surface area contributed by atoms with E-state index in [1.807, 2.05) is 22.7 Å². The molecule has 2 aromatic heterocycles. The van der Waals surface area contributed by atoms with E-state index in [9.17, 15) is 0 Å². The number of nitrogen functional groups attached to an aromatic ring is 1. The van der Waals surface area contributed by atoms with Crippen molar-refractivity contribution in [3.8, 4) is 0 Å². The standard InChI is InChI=1S/C11H14N2/c1-8(2)10-7-9-5-3-4-6-13(9)11(10)12/h3-8H,12H2,1-2H3. The van der Waals surface area contributed by atoms with Crippen molar-refractivity contribution in [1.82, 2.24) is 4.40 Å². The van der Waals surface area contributed by atoms with Gasteiger partial charge in [-0.15, -0.1) is 0 Å². The molecular formula is C11H14N2. The van der Waals surface area contributed by atoms with Crippen molar-refractivity contribution < 1.29 is 0 Å². The van der Waals surface area contributed by atoms with E-state index in [2.05, 4.69) is 26.0 Å². The Bertz CT molecular complexity index is 427. The van der Waals surface area contributed by atoms with Crippen LogP contribution in [0.2, 0.25) is 0 Å². The topological polar surface area (TPSA) is 30.4 Å². The van der Waals surface area contributed by atoms with Crippen molar-refractivity contribution in [2.75, 3.05) is 5.73 Å². The molecule has 2 N–H and O–H groups in total. The van der Waals surface area contributed by atoms with Crippen LogP contribution in [-0.4, -0.2) is 4.40 Å². The Morgan fingerprint density at radius 2 is 2.08 bits per heavy atom. The summed E-state index contributed by atoms with van der Waals surface area (Å²) in [4.78, 5) is 0. The number of rotatable bonds is 1. The van der Waals surface area contributed by atoms with Gasteiger partial charge in [0.25, 0.3) is 0 Å². The van der Waals surface area contributed by atoms with Crippen molar-refractivity contribution in [3.63, 3.8) is 0 Å². The van der Waals surface area contributed by atoms with Crippen LogP contribution >= 0.6 is 0 Å². The van der Waals surface area contributed by atoms with Gasteiger partial charge in [0.15, 0.2) is 0 Å². The molecule has 2 rings (SSSR count). The highest BCUT2D eigenvalue weighted by atomic mass is 15.0. The summed E-state index contributed by atoms with van der Waals surface area (Å²) < 4.78 is 2.02. The Hall–Kier alpha value is -1.44. The summed E-state index contributed by atoms with van der Waals surface area (Å²) in [5, 5.41) is 0. The fraction of sp³-hybridized carbons (Fsp3) is 0.273. The highest BCUT2D eigenvalue weighted by Crippen LogP contribution is 2.25. The zero-order valence-electron chi connectivity index (χ0n) is 7.99. The van der Waals surface area contributed by atoms with Gasteiger partial charge in [0.1, 0.15) is 5.82 Å². The lowest BCUT2D eigenvalue weighted by Gasteiger charge is -2.02. The quantitative estimate of drug-likeness (QED) is 0.707. The Kier molecular flexibility index (Phi) is 1.76. The third kappa shape index (κ3) is 1.18. The molecule has 0 aliphatic carbocycles. The van der Waals surface area contributed by atoms with Crippen molar-refractivity contribution >= 4 is 11.3 Å². The van der Waals surface area contributed by atoms with Gasteiger partial charge in [0.2, 0.25) is 0 Å². The summed E-state index contributed by atoms with van der Waals surface area (Å²) in [7, 11) is 0. The predicted octanol–water partition coefficient (Wildman–Crippen LogP) is 2.64. The molecule has 0 aliphatic rings. The van der Waals surface area contributed by atoms with E-state index in [-0.39, 0.29) is 0 Å². The maximum atomic E-state index is 6.00. The van der Waals surface area contributed by atoms with Crippen LogP contribution in [0.4, 0.5) is 5.82 Å².